The number of esters is 1. The Morgan fingerprint density at radius 3 is 2.67 bits per heavy atom. The fraction of sp³-hybridized carbons (Fsp3) is 0.389. The number of aryl methyl sites for hydroxylation is 1. The molecular formula is C18H22N2O3S. The molecule has 1 aromatic carbocycles. The van der Waals surface area contributed by atoms with E-state index in [0.29, 0.717) is 5.75 Å². The first kappa shape index (κ1) is 18.3. The molecule has 1 amide bonds. The molecule has 2 aromatic rings. The molecule has 0 fully saturated rings. The van der Waals surface area contributed by atoms with E-state index in [1.165, 1.54) is 18.7 Å². The van der Waals surface area contributed by atoms with Crippen LogP contribution in [-0.2, 0) is 14.3 Å². The molecule has 0 saturated heterocycles. The Morgan fingerprint density at radius 2 is 2.00 bits per heavy atom. The first-order valence-corrected chi connectivity index (χ1v) is 8.82. The van der Waals surface area contributed by atoms with Gasteiger partial charge < -0.3 is 10.1 Å². The zero-order valence-electron chi connectivity index (χ0n) is 14.3. The van der Waals surface area contributed by atoms with Crippen molar-refractivity contribution in [2.75, 3.05) is 5.75 Å². The van der Waals surface area contributed by atoms with E-state index >= 15 is 0 Å². The van der Waals surface area contributed by atoms with Crippen molar-refractivity contribution in [2.45, 2.75) is 44.7 Å². The van der Waals surface area contributed by atoms with Crippen LogP contribution >= 0.6 is 11.8 Å². The minimum Gasteiger partial charge on any atom is -0.461 e. The highest BCUT2D eigenvalue weighted by Crippen LogP contribution is 2.28. The largest absolute Gasteiger partial charge is 0.461 e. The molecule has 0 aliphatic heterocycles. The summed E-state index contributed by atoms with van der Waals surface area (Å²) in [6.07, 6.45) is -0.220. The highest BCUT2D eigenvalue weighted by atomic mass is 32.2. The van der Waals surface area contributed by atoms with Crippen LogP contribution in [0.25, 0.3) is 10.9 Å². The second kappa shape index (κ2) is 8.15. The summed E-state index contributed by atoms with van der Waals surface area (Å²) >= 11 is 1.51. The third-order valence-corrected chi connectivity index (χ3v) is 4.37. The van der Waals surface area contributed by atoms with E-state index in [0.717, 1.165) is 21.5 Å². The first-order valence-electron chi connectivity index (χ1n) is 7.83. The molecule has 0 unspecified atom stereocenters. The predicted molar refractivity (Wildman–Crippen MR) is 96.0 cm³/mol. The van der Waals surface area contributed by atoms with Gasteiger partial charge in [-0.3, -0.25) is 9.78 Å². The summed E-state index contributed by atoms with van der Waals surface area (Å²) in [5, 5.41) is 3.70. The summed E-state index contributed by atoms with van der Waals surface area (Å²) in [5.74, 6) is -0.265. The number of rotatable bonds is 6. The van der Waals surface area contributed by atoms with Crippen LogP contribution in [0, 0.1) is 6.92 Å². The van der Waals surface area contributed by atoms with E-state index < -0.39 is 12.0 Å². The molecule has 2 rings (SSSR count). The van der Waals surface area contributed by atoms with E-state index in [4.69, 9.17) is 4.74 Å². The molecule has 0 radical (unpaired) electrons. The predicted octanol–water partition coefficient (Wildman–Crippen LogP) is 3.09. The number of hydrogen-bond acceptors (Lipinski definition) is 5. The van der Waals surface area contributed by atoms with Crippen LogP contribution in [0.4, 0.5) is 0 Å². The van der Waals surface area contributed by atoms with Crippen LogP contribution in [0.15, 0.2) is 35.2 Å². The van der Waals surface area contributed by atoms with E-state index in [1.807, 2.05) is 37.3 Å². The molecule has 5 nitrogen and oxygen atoms in total. The van der Waals surface area contributed by atoms with Gasteiger partial charge in [0.25, 0.3) is 0 Å². The molecule has 1 aromatic heterocycles. The van der Waals surface area contributed by atoms with Crippen LogP contribution in [0.1, 0.15) is 26.5 Å². The highest BCUT2D eigenvalue weighted by Gasteiger charge is 2.22. The number of fused-ring (bicyclic) bond motifs is 1. The minimum atomic E-state index is -0.679. The van der Waals surface area contributed by atoms with Crippen LogP contribution in [0.3, 0.4) is 0 Å². The number of hydrogen-bond donors (Lipinski definition) is 1. The Balaban J connectivity index is 2.19. The number of nitrogens with zero attached hydrogens (tertiary/aromatic N) is 1. The molecule has 128 valence electrons. The van der Waals surface area contributed by atoms with E-state index in [9.17, 15) is 9.59 Å². The Hall–Kier alpha value is -2.08. The lowest BCUT2D eigenvalue weighted by Gasteiger charge is -2.18. The average molecular weight is 346 g/mol. The van der Waals surface area contributed by atoms with Crippen molar-refractivity contribution < 1.29 is 14.3 Å². The number of nitrogens with one attached hydrogen (secondary N) is 1. The quantitative estimate of drug-likeness (QED) is 0.643. The highest BCUT2D eigenvalue weighted by molar-refractivity contribution is 7.99. The second-order valence-electron chi connectivity index (χ2n) is 5.83. The number of ether oxygens (including phenoxy) is 1. The van der Waals surface area contributed by atoms with Gasteiger partial charge in [0.2, 0.25) is 5.91 Å². The van der Waals surface area contributed by atoms with Gasteiger partial charge in [-0.15, -0.1) is 11.8 Å². The summed E-state index contributed by atoms with van der Waals surface area (Å²) in [5.41, 5.74) is 1.83. The van der Waals surface area contributed by atoms with Crippen molar-refractivity contribution >= 4 is 34.5 Å². The number of carbonyl (C=O) groups excluding carboxylic acids is 2. The summed E-state index contributed by atoms with van der Waals surface area (Å²) < 4.78 is 5.23. The number of aromatic nitrogens is 1. The molecule has 1 heterocycles. The van der Waals surface area contributed by atoms with Gasteiger partial charge in [-0.05, 0) is 32.9 Å². The lowest BCUT2D eigenvalue weighted by molar-refractivity contribution is -0.150. The summed E-state index contributed by atoms with van der Waals surface area (Å²) in [6, 6.07) is 9.19. The number of benzene rings is 1. The molecule has 0 aliphatic rings. The first-order chi connectivity index (χ1) is 11.4. The molecule has 24 heavy (non-hydrogen) atoms. The Labute approximate surface area is 146 Å². The summed E-state index contributed by atoms with van der Waals surface area (Å²) in [6.45, 7) is 6.91. The van der Waals surface area contributed by atoms with Crippen molar-refractivity contribution in [2.24, 2.45) is 0 Å². The second-order valence-corrected chi connectivity index (χ2v) is 6.89. The van der Waals surface area contributed by atoms with Gasteiger partial charge in [-0.25, -0.2) is 4.79 Å². The van der Waals surface area contributed by atoms with E-state index in [1.54, 1.807) is 13.8 Å². The monoisotopic (exact) mass is 346 g/mol. The zero-order valence-corrected chi connectivity index (χ0v) is 15.1. The molecule has 0 spiro atoms. The van der Waals surface area contributed by atoms with Crippen molar-refractivity contribution in [1.82, 2.24) is 10.3 Å². The number of carbonyl (C=O) groups is 2. The SMILES string of the molecule is CC(=O)N[C@@H](CSc1cc(C)nc2ccccc12)C(=O)OC(C)C. The third-order valence-electron chi connectivity index (χ3n) is 3.23. The van der Waals surface area contributed by atoms with Gasteiger partial charge in [-0.1, -0.05) is 18.2 Å². The Kier molecular flexibility index (Phi) is 6.20. The van der Waals surface area contributed by atoms with Crippen LogP contribution in [-0.4, -0.2) is 34.8 Å². The molecular weight excluding hydrogens is 324 g/mol. The third kappa shape index (κ3) is 4.96. The van der Waals surface area contributed by atoms with Crippen LogP contribution in [0.2, 0.25) is 0 Å². The zero-order chi connectivity index (χ0) is 17.7. The van der Waals surface area contributed by atoms with Gasteiger partial charge in [-0.2, -0.15) is 0 Å². The average Bonchev–Trinajstić information content (AvgIpc) is 2.49. The number of pyridine rings is 1. The van der Waals surface area contributed by atoms with Crippen molar-refractivity contribution in [3.05, 3.63) is 36.0 Å². The smallest absolute Gasteiger partial charge is 0.329 e. The molecule has 1 N–H and O–H groups in total. The fourth-order valence-corrected chi connectivity index (χ4v) is 3.44. The van der Waals surface area contributed by atoms with Gasteiger partial charge in [0.1, 0.15) is 6.04 Å². The van der Waals surface area contributed by atoms with Crippen LogP contribution < -0.4 is 5.32 Å². The maximum atomic E-state index is 12.2. The summed E-state index contributed by atoms with van der Waals surface area (Å²) in [4.78, 5) is 29.1. The maximum Gasteiger partial charge on any atom is 0.329 e. The Morgan fingerprint density at radius 1 is 1.29 bits per heavy atom. The van der Waals surface area contributed by atoms with Crippen molar-refractivity contribution in [1.29, 1.82) is 0 Å². The van der Waals surface area contributed by atoms with Gasteiger partial charge in [0, 0.05) is 28.7 Å². The lowest BCUT2D eigenvalue weighted by atomic mass is 10.2. The Bertz CT molecular complexity index is 746. The maximum absolute atomic E-state index is 12.2. The van der Waals surface area contributed by atoms with E-state index in [-0.39, 0.29) is 12.0 Å². The molecule has 6 heteroatoms. The molecule has 0 bridgehead atoms. The molecule has 1 atom stereocenters. The molecule has 0 aliphatic carbocycles. The van der Waals surface area contributed by atoms with Gasteiger partial charge in [0.15, 0.2) is 0 Å². The van der Waals surface area contributed by atoms with Gasteiger partial charge in [0.05, 0.1) is 11.6 Å². The number of para-hydroxylation sites is 1. The lowest BCUT2D eigenvalue weighted by Crippen LogP contribution is -2.43. The molecule has 0 saturated carbocycles. The minimum absolute atomic E-state index is 0.220. The summed E-state index contributed by atoms with van der Waals surface area (Å²) in [7, 11) is 0. The van der Waals surface area contributed by atoms with E-state index in [2.05, 4.69) is 10.3 Å². The normalized spacial score (nSPS) is 12.2. The fourth-order valence-electron chi connectivity index (χ4n) is 2.29. The topological polar surface area (TPSA) is 68.3 Å². The van der Waals surface area contributed by atoms with Crippen molar-refractivity contribution in [3.63, 3.8) is 0 Å². The number of amides is 1. The van der Waals surface area contributed by atoms with Gasteiger partial charge >= 0.3 is 5.97 Å². The van der Waals surface area contributed by atoms with Crippen molar-refractivity contribution in [3.8, 4) is 0 Å². The van der Waals surface area contributed by atoms with Crippen LogP contribution in [0.5, 0.6) is 0 Å². The number of thioether (sulfide) groups is 1. The standard InChI is InChI=1S/C18H22N2O3S/c1-11(2)23-18(22)16(20-13(4)21)10-24-17-9-12(3)19-15-8-6-5-7-14(15)17/h5-9,11,16H,10H2,1-4H3,(H,20,21)/t16-/m0/s1.